The normalized spacial score (nSPS) is 25.5. The summed E-state index contributed by atoms with van der Waals surface area (Å²) in [4.78, 5) is 0. The second-order valence-electron chi connectivity index (χ2n) is 2.56. The Balaban J connectivity index is 1.91. The molecule has 1 aliphatic heterocycles. The highest BCUT2D eigenvalue weighted by Crippen LogP contribution is 2.10. The Labute approximate surface area is 61.4 Å². The van der Waals surface area contributed by atoms with Gasteiger partial charge >= 0.3 is 0 Å². The molecule has 0 spiro atoms. The minimum Gasteiger partial charge on any atom is -0.395 e. The van der Waals surface area contributed by atoms with E-state index in [0.29, 0.717) is 12.6 Å². The summed E-state index contributed by atoms with van der Waals surface area (Å²) >= 11 is 0. The number of nitrogens with one attached hydrogen (secondary N) is 1. The Bertz CT molecular complexity index is 81.7. The van der Waals surface area contributed by atoms with Crippen LogP contribution in [-0.2, 0) is 4.74 Å². The van der Waals surface area contributed by atoms with Gasteiger partial charge < -0.3 is 15.2 Å². The largest absolute Gasteiger partial charge is 0.395 e. The van der Waals surface area contributed by atoms with E-state index >= 15 is 0 Å². The van der Waals surface area contributed by atoms with Gasteiger partial charge in [-0.1, -0.05) is 0 Å². The second kappa shape index (κ2) is 4.66. The summed E-state index contributed by atoms with van der Waals surface area (Å²) in [5, 5.41) is 11.5. The van der Waals surface area contributed by atoms with Gasteiger partial charge in [-0.05, 0) is 12.8 Å². The van der Waals surface area contributed by atoms with Crippen LogP contribution in [0, 0.1) is 0 Å². The van der Waals surface area contributed by atoms with Crippen molar-refractivity contribution < 1.29 is 9.84 Å². The van der Waals surface area contributed by atoms with Gasteiger partial charge in [0.05, 0.1) is 12.7 Å². The summed E-state index contributed by atoms with van der Waals surface area (Å²) in [6.45, 7) is 2.69. The van der Waals surface area contributed by atoms with Crippen LogP contribution in [0.25, 0.3) is 0 Å². The number of ether oxygens (including phenoxy) is 1. The fourth-order valence-electron chi connectivity index (χ4n) is 1.15. The Hall–Kier alpha value is -0.120. The molecule has 1 saturated heterocycles. The molecule has 1 rings (SSSR count). The van der Waals surface area contributed by atoms with Crippen LogP contribution in [0.4, 0.5) is 0 Å². The van der Waals surface area contributed by atoms with E-state index in [2.05, 4.69) is 5.32 Å². The first-order valence-electron chi connectivity index (χ1n) is 3.86. The second-order valence-corrected chi connectivity index (χ2v) is 2.56. The highest BCUT2D eigenvalue weighted by Gasteiger charge is 2.13. The van der Waals surface area contributed by atoms with Gasteiger partial charge in [-0.25, -0.2) is 0 Å². The van der Waals surface area contributed by atoms with Crippen LogP contribution >= 0.6 is 0 Å². The van der Waals surface area contributed by atoms with Gasteiger partial charge in [0, 0.05) is 19.7 Å². The lowest BCUT2D eigenvalue weighted by atomic mass is 10.2. The average Bonchev–Trinajstić information content (AvgIpc) is 2.41. The molecule has 0 aromatic heterocycles. The maximum absolute atomic E-state index is 8.44. The van der Waals surface area contributed by atoms with E-state index in [1.54, 1.807) is 0 Å². The van der Waals surface area contributed by atoms with Crippen molar-refractivity contribution in [2.75, 3.05) is 26.3 Å². The van der Waals surface area contributed by atoms with Crippen molar-refractivity contribution in [2.24, 2.45) is 0 Å². The lowest BCUT2D eigenvalue weighted by molar-refractivity contribution is 0.109. The Morgan fingerprint density at radius 1 is 1.60 bits per heavy atom. The molecule has 0 saturated carbocycles. The minimum absolute atomic E-state index is 0.215. The minimum atomic E-state index is 0.215. The van der Waals surface area contributed by atoms with Gasteiger partial charge in [0.1, 0.15) is 0 Å². The fraction of sp³-hybridized carbons (Fsp3) is 1.00. The van der Waals surface area contributed by atoms with Crippen molar-refractivity contribution in [3.05, 3.63) is 0 Å². The van der Waals surface area contributed by atoms with Gasteiger partial charge in [-0.2, -0.15) is 0 Å². The molecule has 1 aliphatic rings. The van der Waals surface area contributed by atoms with E-state index in [9.17, 15) is 0 Å². The first-order chi connectivity index (χ1) is 4.93. The van der Waals surface area contributed by atoms with E-state index < -0.39 is 0 Å². The van der Waals surface area contributed by atoms with Gasteiger partial charge in [0.25, 0.3) is 0 Å². The van der Waals surface area contributed by atoms with Crippen LogP contribution in [0.2, 0.25) is 0 Å². The Morgan fingerprint density at radius 3 is 3.10 bits per heavy atom. The van der Waals surface area contributed by atoms with E-state index in [-0.39, 0.29) is 6.61 Å². The van der Waals surface area contributed by atoms with Crippen LogP contribution < -0.4 is 5.32 Å². The van der Waals surface area contributed by atoms with Crippen molar-refractivity contribution in [2.45, 2.75) is 18.9 Å². The first-order valence-corrected chi connectivity index (χ1v) is 3.86. The summed E-state index contributed by atoms with van der Waals surface area (Å²) in [5.74, 6) is 0. The van der Waals surface area contributed by atoms with Crippen LogP contribution in [0.5, 0.6) is 0 Å². The molecule has 0 aromatic carbocycles. The molecule has 0 radical (unpaired) electrons. The average molecular weight is 145 g/mol. The predicted molar refractivity (Wildman–Crippen MR) is 38.9 cm³/mol. The summed E-state index contributed by atoms with van der Waals surface area (Å²) < 4.78 is 5.36. The van der Waals surface area contributed by atoms with E-state index in [4.69, 9.17) is 9.84 Å². The smallest absolute Gasteiger partial charge is 0.0700 e. The number of rotatable bonds is 4. The molecular weight excluding hydrogens is 130 g/mol. The third-order valence-electron chi connectivity index (χ3n) is 1.68. The molecule has 3 heteroatoms. The van der Waals surface area contributed by atoms with Crippen molar-refractivity contribution >= 4 is 0 Å². The van der Waals surface area contributed by atoms with E-state index in [1.807, 2.05) is 0 Å². The predicted octanol–water partition coefficient (Wildman–Crippen LogP) is -0.253. The molecule has 1 heterocycles. The SMILES string of the molecule is OCCNC[C@H]1CCCO1. The van der Waals surface area contributed by atoms with Crippen LogP contribution in [0.3, 0.4) is 0 Å². The lowest BCUT2D eigenvalue weighted by Gasteiger charge is -2.08. The molecule has 10 heavy (non-hydrogen) atoms. The number of hydrogen-bond donors (Lipinski definition) is 2. The van der Waals surface area contributed by atoms with Crippen molar-refractivity contribution in [3.8, 4) is 0 Å². The number of hydrogen-bond acceptors (Lipinski definition) is 3. The summed E-state index contributed by atoms with van der Waals surface area (Å²) in [5.41, 5.74) is 0. The first kappa shape index (κ1) is 7.98. The Kier molecular flexibility index (Phi) is 3.72. The standard InChI is InChI=1S/C7H15NO2/c9-4-3-8-6-7-2-1-5-10-7/h7-9H,1-6H2/t7-/m1/s1. The van der Waals surface area contributed by atoms with Crippen LogP contribution in [-0.4, -0.2) is 37.5 Å². The summed E-state index contributed by atoms with van der Waals surface area (Å²) in [6, 6.07) is 0. The van der Waals surface area contributed by atoms with E-state index in [1.165, 1.54) is 12.8 Å². The van der Waals surface area contributed by atoms with Crippen molar-refractivity contribution in [1.29, 1.82) is 0 Å². The molecule has 0 bridgehead atoms. The lowest BCUT2D eigenvalue weighted by Crippen LogP contribution is -2.28. The zero-order chi connectivity index (χ0) is 7.23. The molecule has 0 amide bonds. The molecule has 60 valence electrons. The zero-order valence-electron chi connectivity index (χ0n) is 6.18. The summed E-state index contributed by atoms with van der Waals surface area (Å²) in [6.07, 6.45) is 2.75. The highest BCUT2D eigenvalue weighted by atomic mass is 16.5. The molecule has 0 aliphatic carbocycles. The quantitative estimate of drug-likeness (QED) is 0.536. The molecule has 0 aromatic rings. The topological polar surface area (TPSA) is 41.5 Å². The molecular formula is C7H15NO2. The Morgan fingerprint density at radius 2 is 2.50 bits per heavy atom. The zero-order valence-corrected chi connectivity index (χ0v) is 6.18. The monoisotopic (exact) mass is 145 g/mol. The van der Waals surface area contributed by atoms with Crippen molar-refractivity contribution in [3.63, 3.8) is 0 Å². The summed E-state index contributed by atoms with van der Waals surface area (Å²) in [7, 11) is 0. The molecule has 1 atom stereocenters. The van der Waals surface area contributed by atoms with Gasteiger partial charge in [0.15, 0.2) is 0 Å². The molecule has 1 fully saturated rings. The van der Waals surface area contributed by atoms with Gasteiger partial charge in [0.2, 0.25) is 0 Å². The molecule has 3 nitrogen and oxygen atoms in total. The van der Waals surface area contributed by atoms with Crippen molar-refractivity contribution in [1.82, 2.24) is 5.32 Å². The number of aliphatic hydroxyl groups is 1. The third kappa shape index (κ3) is 2.64. The van der Waals surface area contributed by atoms with Crippen LogP contribution in [0.15, 0.2) is 0 Å². The highest BCUT2D eigenvalue weighted by molar-refractivity contribution is 4.66. The van der Waals surface area contributed by atoms with Gasteiger partial charge in [-0.3, -0.25) is 0 Å². The van der Waals surface area contributed by atoms with Gasteiger partial charge in [-0.15, -0.1) is 0 Å². The fourth-order valence-corrected chi connectivity index (χ4v) is 1.15. The van der Waals surface area contributed by atoms with E-state index in [0.717, 1.165) is 13.2 Å². The third-order valence-corrected chi connectivity index (χ3v) is 1.68. The number of aliphatic hydroxyl groups excluding tert-OH is 1. The molecule has 2 N–H and O–H groups in total. The maximum Gasteiger partial charge on any atom is 0.0700 e. The maximum atomic E-state index is 8.44. The van der Waals surface area contributed by atoms with Crippen LogP contribution in [0.1, 0.15) is 12.8 Å². The molecule has 0 unspecified atom stereocenters.